The van der Waals surface area contributed by atoms with Crippen LogP contribution in [0.3, 0.4) is 0 Å². The molecule has 0 N–H and O–H groups in total. The van der Waals surface area contributed by atoms with E-state index >= 15 is 0 Å². The smallest absolute Gasteiger partial charge is 0.199 e. The molecule has 0 fully saturated rings. The molecule has 1 atom stereocenters. The Morgan fingerprint density at radius 3 is 2.42 bits per heavy atom. The normalized spacial score (nSPS) is 12.3. The minimum atomic E-state index is -1.27. The van der Waals surface area contributed by atoms with Gasteiger partial charge in [0, 0.05) is 50.0 Å². The highest BCUT2D eigenvalue weighted by atomic mass is 32.2. The van der Waals surface area contributed by atoms with Crippen LogP contribution in [0.2, 0.25) is 0 Å². The average molecular weight is 373 g/mol. The van der Waals surface area contributed by atoms with Crippen molar-refractivity contribution in [3.63, 3.8) is 0 Å². The van der Waals surface area contributed by atoms with Gasteiger partial charge >= 0.3 is 0 Å². The SMILES string of the molecule is COCCCn1c(S(C)=O)nc(-c2ccc(F)cc2)c1-c1ccncc1. The third-order valence-electron chi connectivity index (χ3n) is 3.99. The van der Waals surface area contributed by atoms with Crippen molar-refractivity contribution in [2.45, 2.75) is 18.1 Å². The van der Waals surface area contributed by atoms with E-state index in [1.165, 1.54) is 12.1 Å². The number of aromatic nitrogens is 3. The van der Waals surface area contributed by atoms with Crippen LogP contribution < -0.4 is 0 Å². The van der Waals surface area contributed by atoms with E-state index in [1.807, 2.05) is 16.7 Å². The lowest BCUT2D eigenvalue weighted by Crippen LogP contribution is -2.08. The molecule has 3 rings (SSSR count). The van der Waals surface area contributed by atoms with Gasteiger partial charge in [-0.25, -0.2) is 9.37 Å². The number of imidazole rings is 1. The van der Waals surface area contributed by atoms with E-state index in [2.05, 4.69) is 9.97 Å². The number of rotatable bonds is 7. The highest BCUT2D eigenvalue weighted by Crippen LogP contribution is 2.34. The van der Waals surface area contributed by atoms with Crippen LogP contribution in [0.25, 0.3) is 22.5 Å². The van der Waals surface area contributed by atoms with E-state index in [1.54, 1.807) is 37.9 Å². The van der Waals surface area contributed by atoms with Gasteiger partial charge in [0.25, 0.3) is 0 Å². The van der Waals surface area contributed by atoms with Crippen molar-refractivity contribution in [2.24, 2.45) is 0 Å². The first-order valence-corrected chi connectivity index (χ1v) is 9.77. The Hall–Kier alpha value is -2.38. The summed E-state index contributed by atoms with van der Waals surface area (Å²) in [6.45, 7) is 1.21. The predicted molar refractivity (Wildman–Crippen MR) is 99.7 cm³/mol. The van der Waals surface area contributed by atoms with E-state index in [9.17, 15) is 8.60 Å². The fourth-order valence-corrected chi connectivity index (χ4v) is 3.55. The zero-order chi connectivity index (χ0) is 18.5. The van der Waals surface area contributed by atoms with Crippen molar-refractivity contribution in [1.29, 1.82) is 0 Å². The lowest BCUT2D eigenvalue weighted by atomic mass is 10.1. The largest absolute Gasteiger partial charge is 0.385 e. The van der Waals surface area contributed by atoms with Gasteiger partial charge in [-0.2, -0.15) is 0 Å². The summed E-state index contributed by atoms with van der Waals surface area (Å²) in [5, 5.41) is 0.493. The lowest BCUT2D eigenvalue weighted by Gasteiger charge is -2.12. The Morgan fingerprint density at radius 1 is 1.12 bits per heavy atom. The molecule has 0 spiro atoms. The fourth-order valence-electron chi connectivity index (χ4n) is 2.84. The van der Waals surface area contributed by atoms with Crippen LogP contribution in [0.1, 0.15) is 6.42 Å². The summed E-state index contributed by atoms with van der Waals surface area (Å²) in [7, 11) is 0.387. The van der Waals surface area contributed by atoms with Crippen molar-refractivity contribution in [1.82, 2.24) is 14.5 Å². The standard InChI is InChI=1S/C19H20FN3O2S/c1-25-13-3-12-23-18(15-8-10-21-11-9-15)17(22-19(23)26(2)24)14-4-6-16(20)7-5-14/h4-11H,3,12-13H2,1-2H3. The monoisotopic (exact) mass is 373 g/mol. The molecule has 0 radical (unpaired) electrons. The van der Waals surface area contributed by atoms with Crippen LogP contribution in [0, 0.1) is 5.82 Å². The van der Waals surface area contributed by atoms with Crippen molar-refractivity contribution in [2.75, 3.05) is 20.0 Å². The second-order valence-electron chi connectivity index (χ2n) is 5.79. The molecule has 2 heterocycles. The molecule has 0 aliphatic heterocycles. The van der Waals surface area contributed by atoms with Crippen molar-refractivity contribution in [3.05, 3.63) is 54.6 Å². The van der Waals surface area contributed by atoms with E-state index in [4.69, 9.17) is 4.74 Å². The molecule has 0 saturated carbocycles. The summed E-state index contributed by atoms with van der Waals surface area (Å²) in [6.07, 6.45) is 5.79. The van der Waals surface area contributed by atoms with Crippen molar-refractivity contribution < 1.29 is 13.3 Å². The molecular weight excluding hydrogens is 353 g/mol. The number of hydrogen-bond acceptors (Lipinski definition) is 4. The van der Waals surface area contributed by atoms with Crippen LogP contribution in [-0.2, 0) is 22.1 Å². The topological polar surface area (TPSA) is 57.0 Å². The van der Waals surface area contributed by atoms with Crippen LogP contribution in [0.15, 0.2) is 53.9 Å². The van der Waals surface area contributed by atoms with Gasteiger partial charge in [0.1, 0.15) is 5.82 Å². The molecule has 7 heteroatoms. The summed E-state index contributed by atoms with van der Waals surface area (Å²) < 4.78 is 32.8. The third kappa shape index (κ3) is 3.89. The molecule has 1 unspecified atom stereocenters. The molecule has 3 aromatic rings. The highest BCUT2D eigenvalue weighted by molar-refractivity contribution is 7.84. The quantitative estimate of drug-likeness (QED) is 0.595. The number of methoxy groups -OCH3 is 1. The zero-order valence-corrected chi connectivity index (χ0v) is 15.5. The Bertz CT molecular complexity index is 895. The summed E-state index contributed by atoms with van der Waals surface area (Å²) in [5.74, 6) is -0.307. The number of hydrogen-bond donors (Lipinski definition) is 0. The summed E-state index contributed by atoms with van der Waals surface area (Å²) in [4.78, 5) is 8.72. The maximum Gasteiger partial charge on any atom is 0.199 e. The Kier molecular flexibility index (Phi) is 5.90. The summed E-state index contributed by atoms with van der Waals surface area (Å²) in [6, 6.07) is 9.95. The van der Waals surface area contributed by atoms with Gasteiger partial charge in [-0.3, -0.25) is 9.19 Å². The summed E-state index contributed by atoms with van der Waals surface area (Å²) in [5.41, 5.74) is 3.22. The second kappa shape index (κ2) is 8.33. The molecule has 2 aromatic heterocycles. The van der Waals surface area contributed by atoms with Crippen LogP contribution in [-0.4, -0.2) is 38.7 Å². The van der Waals surface area contributed by atoms with Crippen LogP contribution >= 0.6 is 0 Å². The minimum Gasteiger partial charge on any atom is -0.385 e. The molecule has 0 bridgehead atoms. The minimum absolute atomic E-state index is 0.307. The van der Waals surface area contributed by atoms with Gasteiger partial charge in [0.15, 0.2) is 5.16 Å². The number of benzene rings is 1. The van der Waals surface area contributed by atoms with E-state index in [-0.39, 0.29) is 5.82 Å². The van der Waals surface area contributed by atoms with E-state index in [0.717, 1.165) is 23.2 Å². The van der Waals surface area contributed by atoms with Crippen LogP contribution in [0.5, 0.6) is 0 Å². The Labute approximate surface area is 154 Å². The van der Waals surface area contributed by atoms with E-state index < -0.39 is 10.8 Å². The average Bonchev–Trinajstić information content (AvgIpc) is 3.03. The first-order valence-electron chi connectivity index (χ1n) is 8.21. The van der Waals surface area contributed by atoms with Gasteiger partial charge in [-0.1, -0.05) is 0 Å². The molecule has 1 aromatic carbocycles. The van der Waals surface area contributed by atoms with Gasteiger partial charge < -0.3 is 9.30 Å². The first kappa shape index (κ1) is 18.4. The molecule has 0 aliphatic rings. The molecule has 136 valence electrons. The van der Waals surface area contributed by atoms with Gasteiger partial charge in [-0.05, 0) is 42.8 Å². The Morgan fingerprint density at radius 2 is 1.81 bits per heavy atom. The van der Waals surface area contributed by atoms with Gasteiger partial charge in [0.05, 0.1) is 22.2 Å². The molecule has 0 amide bonds. The molecule has 0 saturated heterocycles. The maximum atomic E-state index is 13.3. The lowest BCUT2D eigenvalue weighted by molar-refractivity contribution is 0.189. The number of nitrogens with zero attached hydrogens (tertiary/aromatic N) is 3. The van der Waals surface area contributed by atoms with Gasteiger partial charge in [-0.15, -0.1) is 0 Å². The predicted octanol–water partition coefficient (Wildman–Crippen LogP) is 3.53. The molecule has 26 heavy (non-hydrogen) atoms. The second-order valence-corrected chi connectivity index (χ2v) is 7.06. The molecule has 5 nitrogen and oxygen atoms in total. The third-order valence-corrected chi connectivity index (χ3v) is 4.82. The van der Waals surface area contributed by atoms with Crippen molar-refractivity contribution >= 4 is 10.8 Å². The fraction of sp³-hybridized carbons (Fsp3) is 0.263. The van der Waals surface area contributed by atoms with E-state index in [0.29, 0.717) is 24.0 Å². The molecule has 0 aliphatic carbocycles. The van der Waals surface area contributed by atoms with Gasteiger partial charge in [0.2, 0.25) is 0 Å². The zero-order valence-electron chi connectivity index (χ0n) is 14.7. The number of halogens is 1. The van der Waals surface area contributed by atoms with Crippen LogP contribution in [0.4, 0.5) is 4.39 Å². The summed E-state index contributed by atoms with van der Waals surface area (Å²) >= 11 is 0. The number of pyridine rings is 1. The Balaban J connectivity index is 2.20. The van der Waals surface area contributed by atoms with Crippen molar-refractivity contribution in [3.8, 4) is 22.5 Å². The maximum absolute atomic E-state index is 13.3. The molecular formula is C19H20FN3O2S. The highest BCUT2D eigenvalue weighted by Gasteiger charge is 2.21. The number of ether oxygens (including phenoxy) is 1. The first-order chi connectivity index (χ1) is 12.6.